The van der Waals surface area contributed by atoms with Crippen LogP contribution in [0.25, 0.3) is 0 Å². The van der Waals surface area contributed by atoms with Gasteiger partial charge in [-0.05, 0) is 43.4 Å². The molecule has 0 saturated carbocycles. The van der Waals surface area contributed by atoms with Crippen LogP contribution in [0.4, 0.5) is 0 Å². The van der Waals surface area contributed by atoms with Crippen LogP contribution in [-0.2, 0) is 6.42 Å². The molecule has 5 nitrogen and oxygen atoms in total. The van der Waals surface area contributed by atoms with Crippen molar-refractivity contribution in [3.8, 4) is 5.75 Å². The Bertz CT molecular complexity index is 481. The van der Waals surface area contributed by atoms with Crippen molar-refractivity contribution in [2.24, 2.45) is 10.9 Å². The summed E-state index contributed by atoms with van der Waals surface area (Å²) in [6, 6.07) is 6.28. The van der Waals surface area contributed by atoms with Crippen LogP contribution in [0.2, 0.25) is 0 Å². The first-order chi connectivity index (χ1) is 10.6. The number of halogens is 1. The van der Waals surface area contributed by atoms with Gasteiger partial charge in [0, 0.05) is 26.2 Å². The highest BCUT2D eigenvalue weighted by Gasteiger charge is 2.03. The topological polar surface area (TPSA) is 65.9 Å². The average molecular weight is 435 g/mol. The van der Waals surface area contributed by atoms with Gasteiger partial charge in [-0.3, -0.25) is 4.99 Å². The first kappa shape index (κ1) is 22.0. The van der Waals surface area contributed by atoms with E-state index in [-0.39, 0.29) is 36.5 Å². The van der Waals surface area contributed by atoms with Crippen LogP contribution >= 0.6 is 24.0 Å². The Hall–Kier alpha value is -1.02. The lowest BCUT2D eigenvalue weighted by atomic mass is 10.1. The molecule has 23 heavy (non-hydrogen) atoms. The van der Waals surface area contributed by atoms with Crippen molar-refractivity contribution >= 4 is 29.9 Å². The van der Waals surface area contributed by atoms with Crippen molar-refractivity contribution in [2.45, 2.75) is 27.2 Å². The van der Waals surface area contributed by atoms with Crippen LogP contribution < -0.4 is 15.4 Å². The molecule has 1 aromatic carbocycles. The van der Waals surface area contributed by atoms with Crippen molar-refractivity contribution in [3.63, 3.8) is 0 Å². The molecule has 1 aromatic rings. The first-order valence-corrected chi connectivity index (χ1v) is 7.87. The van der Waals surface area contributed by atoms with E-state index in [1.54, 1.807) is 7.11 Å². The molecule has 132 valence electrons. The van der Waals surface area contributed by atoms with Crippen LogP contribution in [0, 0.1) is 12.8 Å². The molecule has 0 aliphatic rings. The van der Waals surface area contributed by atoms with E-state index in [9.17, 15) is 0 Å². The van der Waals surface area contributed by atoms with Gasteiger partial charge in [0.2, 0.25) is 0 Å². The third kappa shape index (κ3) is 8.41. The molecule has 0 heterocycles. The maximum Gasteiger partial charge on any atom is 0.191 e. The Labute approximate surface area is 156 Å². The number of rotatable bonds is 8. The summed E-state index contributed by atoms with van der Waals surface area (Å²) in [6.45, 7) is 8.45. The Morgan fingerprint density at radius 2 is 2.09 bits per heavy atom. The number of ether oxygens (including phenoxy) is 1. The molecule has 0 spiro atoms. The minimum Gasteiger partial charge on any atom is -0.496 e. The Morgan fingerprint density at radius 1 is 1.35 bits per heavy atom. The summed E-state index contributed by atoms with van der Waals surface area (Å²) in [5, 5.41) is 15.6. The van der Waals surface area contributed by atoms with Gasteiger partial charge in [-0.25, -0.2) is 0 Å². The van der Waals surface area contributed by atoms with E-state index in [1.165, 1.54) is 5.56 Å². The van der Waals surface area contributed by atoms with Gasteiger partial charge >= 0.3 is 0 Å². The Balaban J connectivity index is 0.00000484. The fourth-order valence-electron chi connectivity index (χ4n) is 1.99. The number of hydrogen-bond acceptors (Lipinski definition) is 3. The van der Waals surface area contributed by atoms with Crippen LogP contribution in [0.5, 0.6) is 5.75 Å². The normalized spacial score (nSPS) is 12.3. The summed E-state index contributed by atoms with van der Waals surface area (Å²) in [7, 11) is 1.70. The molecule has 0 aliphatic carbocycles. The third-order valence-corrected chi connectivity index (χ3v) is 3.40. The molecule has 6 heteroatoms. The van der Waals surface area contributed by atoms with Gasteiger partial charge in [0.1, 0.15) is 5.75 Å². The fraction of sp³-hybridized carbons (Fsp3) is 0.588. The van der Waals surface area contributed by atoms with Crippen molar-refractivity contribution < 1.29 is 9.84 Å². The molecular weight excluding hydrogens is 405 g/mol. The molecule has 0 fully saturated rings. The fourth-order valence-corrected chi connectivity index (χ4v) is 1.99. The molecule has 0 bridgehead atoms. The lowest BCUT2D eigenvalue weighted by Gasteiger charge is -2.13. The molecule has 0 radical (unpaired) electrons. The van der Waals surface area contributed by atoms with Gasteiger partial charge in [0.05, 0.1) is 7.11 Å². The maximum atomic E-state index is 9.05. The van der Waals surface area contributed by atoms with Gasteiger partial charge in [-0.15, -0.1) is 24.0 Å². The van der Waals surface area contributed by atoms with E-state index >= 15 is 0 Å². The van der Waals surface area contributed by atoms with E-state index in [1.807, 2.05) is 20.8 Å². The molecule has 0 aliphatic heterocycles. The minimum absolute atomic E-state index is 0. The van der Waals surface area contributed by atoms with E-state index in [4.69, 9.17) is 9.84 Å². The number of hydrogen-bond donors (Lipinski definition) is 3. The molecule has 3 N–H and O–H groups in total. The zero-order chi connectivity index (χ0) is 16.4. The summed E-state index contributed by atoms with van der Waals surface area (Å²) < 4.78 is 5.35. The van der Waals surface area contributed by atoms with E-state index in [0.717, 1.165) is 36.8 Å². The Morgan fingerprint density at radius 3 is 2.70 bits per heavy atom. The molecule has 1 rings (SSSR count). The summed E-state index contributed by atoms with van der Waals surface area (Å²) >= 11 is 0. The zero-order valence-electron chi connectivity index (χ0n) is 14.6. The van der Waals surface area contributed by atoms with Crippen molar-refractivity contribution in [1.82, 2.24) is 10.6 Å². The predicted molar refractivity (Wildman–Crippen MR) is 107 cm³/mol. The lowest BCUT2D eigenvalue weighted by Crippen LogP contribution is -2.38. The number of aryl methyl sites for hydroxylation is 1. The Kier molecular flexibility index (Phi) is 11.9. The van der Waals surface area contributed by atoms with Gasteiger partial charge in [0.25, 0.3) is 0 Å². The largest absolute Gasteiger partial charge is 0.496 e. The van der Waals surface area contributed by atoms with E-state index < -0.39 is 0 Å². The molecule has 1 atom stereocenters. The molecule has 0 saturated heterocycles. The predicted octanol–water partition coefficient (Wildman–Crippen LogP) is 2.35. The number of aliphatic hydroxyl groups excluding tert-OH is 1. The monoisotopic (exact) mass is 435 g/mol. The first-order valence-electron chi connectivity index (χ1n) is 7.87. The van der Waals surface area contributed by atoms with E-state index in [0.29, 0.717) is 6.54 Å². The quantitative estimate of drug-likeness (QED) is 0.333. The summed E-state index contributed by atoms with van der Waals surface area (Å²) in [4.78, 5) is 4.47. The number of methoxy groups -OCH3 is 1. The molecule has 0 aromatic heterocycles. The van der Waals surface area contributed by atoms with Gasteiger partial charge in [-0.1, -0.05) is 19.1 Å². The van der Waals surface area contributed by atoms with Gasteiger partial charge in [0.15, 0.2) is 5.96 Å². The second-order valence-electron chi connectivity index (χ2n) is 5.49. The van der Waals surface area contributed by atoms with Crippen molar-refractivity contribution in [2.75, 3.05) is 33.4 Å². The second kappa shape index (κ2) is 12.4. The second-order valence-corrected chi connectivity index (χ2v) is 5.49. The van der Waals surface area contributed by atoms with Gasteiger partial charge in [-0.2, -0.15) is 0 Å². The van der Waals surface area contributed by atoms with Crippen LogP contribution in [-0.4, -0.2) is 44.4 Å². The average Bonchev–Trinajstić information content (AvgIpc) is 2.53. The van der Waals surface area contributed by atoms with E-state index in [2.05, 4.69) is 33.8 Å². The number of nitrogens with zero attached hydrogens (tertiary/aromatic N) is 1. The highest BCUT2D eigenvalue weighted by Crippen LogP contribution is 2.18. The SMILES string of the molecule is CCNC(=NCC(C)CO)NCCc1ccc(C)c(OC)c1.I. The maximum absolute atomic E-state index is 9.05. The summed E-state index contributed by atoms with van der Waals surface area (Å²) in [5.74, 6) is 1.90. The van der Waals surface area contributed by atoms with Crippen molar-refractivity contribution in [1.29, 1.82) is 0 Å². The van der Waals surface area contributed by atoms with Crippen molar-refractivity contribution in [3.05, 3.63) is 29.3 Å². The number of benzene rings is 1. The highest BCUT2D eigenvalue weighted by atomic mass is 127. The summed E-state index contributed by atoms with van der Waals surface area (Å²) in [5.41, 5.74) is 2.38. The van der Waals surface area contributed by atoms with Crippen LogP contribution in [0.1, 0.15) is 25.0 Å². The highest BCUT2D eigenvalue weighted by molar-refractivity contribution is 14.0. The summed E-state index contributed by atoms with van der Waals surface area (Å²) in [6.07, 6.45) is 0.899. The number of aliphatic hydroxyl groups is 1. The van der Waals surface area contributed by atoms with Crippen LogP contribution in [0.3, 0.4) is 0 Å². The number of nitrogens with one attached hydrogen (secondary N) is 2. The van der Waals surface area contributed by atoms with Crippen LogP contribution in [0.15, 0.2) is 23.2 Å². The smallest absolute Gasteiger partial charge is 0.191 e. The third-order valence-electron chi connectivity index (χ3n) is 3.40. The minimum atomic E-state index is 0. The van der Waals surface area contributed by atoms with Gasteiger partial charge < -0.3 is 20.5 Å². The zero-order valence-corrected chi connectivity index (χ0v) is 16.9. The molecule has 0 amide bonds. The number of aliphatic imine (C=N–C) groups is 1. The number of guanidine groups is 1. The molecule has 1 unspecified atom stereocenters. The molecular formula is C17H30IN3O2. The lowest BCUT2D eigenvalue weighted by molar-refractivity contribution is 0.241. The standard InChI is InChI=1S/C17H29N3O2.HI/c1-5-18-17(20-11-13(2)12-21)19-9-8-15-7-6-14(3)16(10-15)22-4;/h6-7,10,13,21H,5,8-9,11-12H2,1-4H3,(H2,18,19,20);1H.